The normalized spacial score (nSPS) is 10.8. The molecule has 4 N–H and O–H groups in total. The van der Waals surface area contributed by atoms with Crippen LogP contribution in [0.4, 0.5) is 0 Å². The summed E-state index contributed by atoms with van der Waals surface area (Å²) in [5, 5.41) is 0. The minimum Gasteiger partial charge on any atom is -0.493 e. The highest BCUT2D eigenvalue weighted by atomic mass is 16.5. The van der Waals surface area contributed by atoms with E-state index in [2.05, 4.69) is 0 Å². The molecule has 0 fully saturated rings. The maximum Gasteiger partial charge on any atom is 0.242 e. The van der Waals surface area contributed by atoms with Crippen molar-refractivity contribution in [3.8, 4) is 34.5 Å². The van der Waals surface area contributed by atoms with Crippen LogP contribution in [-0.2, 0) is 15.0 Å². The number of benzene rings is 2. The Morgan fingerprint density at radius 3 is 1.00 bits per heavy atom. The summed E-state index contributed by atoms with van der Waals surface area (Å²) in [6, 6.07) is 5.72. The Hall–Kier alpha value is -3.82. The molecule has 2 rings (SSSR count). The van der Waals surface area contributed by atoms with Crippen molar-refractivity contribution in [1.82, 2.24) is 0 Å². The van der Waals surface area contributed by atoms with E-state index in [4.69, 9.17) is 39.9 Å². The summed E-state index contributed by atoms with van der Waals surface area (Å²) >= 11 is 0. The number of amides is 2. The number of hydrogen-bond donors (Lipinski definition) is 2. The van der Waals surface area contributed by atoms with Gasteiger partial charge in [-0.15, -0.1) is 0 Å². The SMILES string of the molecule is COc1cc(C(C(N)=O)(C(N)=O)c2cc(OC)c(OC)c(OC)c2)cc(OC)c1OC. The van der Waals surface area contributed by atoms with Crippen LogP contribution in [0.15, 0.2) is 24.3 Å². The summed E-state index contributed by atoms with van der Waals surface area (Å²) < 4.78 is 32.1. The smallest absolute Gasteiger partial charge is 0.242 e. The Morgan fingerprint density at radius 1 is 0.581 bits per heavy atom. The van der Waals surface area contributed by atoms with Gasteiger partial charge in [-0.1, -0.05) is 0 Å². The highest BCUT2D eigenvalue weighted by molar-refractivity contribution is 6.13. The number of carbonyl (C=O) groups excluding carboxylic acids is 2. The maximum absolute atomic E-state index is 12.9. The number of hydrogen-bond acceptors (Lipinski definition) is 8. The first kappa shape index (κ1) is 23.5. The van der Waals surface area contributed by atoms with E-state index in [9.17, 15) is 9.59 Å². The number of carbonyl (C=O) groups is 2. The van der Waals surface area contributed by atoms with E-state index in [0.717, 1.165) is 0 Å². The third-order valence-corrected chi connectivity index (χ3v) is 4.93. The molecule has 10 heteroatoms. The fourth-order valence-corrected chi connectivity index (χ4v) is 3.45. The lowest BCUT2D eigenvalue weighted by Crippen LogP contribution is -2.52. The number of nitrogens with two attached hydrogens (primary N) is 2. The predicted octanol–water partition coefficient (Wildman–Crippen LogP) is 0.995. The molecule has 0 aliphatic rings. The molecule has 168 valence electrons. The molecule has 0 bridgehead atoms. The van der Waals surface area contributed by atoms with Gasteiger partial charge in [-0.05, 0) is 35.4 Å². The molecule has 0 unspecified atom stereocenters. The van der Waals surface area contributed by atoms with Crippen molar-refractivity contribution in [3.05, 3.63) is 35.4 Å². The van der Waals surface area contributed by atoms with Crippen LogP contribution in [-0.4, -0.2) is 54.5 Å². The third kappa shape index (κ3) is 3.72. The second-order valence-electron chi connectivity index (χ2n) is 6.31. The first-order valence-corrected chi connectivity index (χ1v) is 8.97. The largest absolute Gasteiger partial charge is 0.493 e. The van der Waals surface area contributed by atoms with Gasteiger partial charge in [0.1, 0.15) is 0 Å². The number of ether oxygens (including phenoxy) is 6. The molecule has 2 aromatic rings. The maximum atomic E-state index is 12.9. The van der Waals surface area contributed by atoms with Gasteiger partial charge in [-0.25, -0.2) is 0 Å². The summed E-state index contributed by atoms with van der Waals surface area (Å²) in [5.41, 5.74) is 9.65. The van der Waals surface area contributed by atoms with Crippen LogP contribution in [0.3, 0.4) is 0 Å². The standard InChI is InChI=1S/C21H26N2O8/c1-26-13-7-11(8-14(27-2)17(13)30-5)21(19(22)24,20(23)25)12-9-15(28-3)18(31-6)16(10-12)29-4/h7-10H,1-6H3,(H2,22,24)(H2,23,25). The van der Waals surface area contributed by atoms with Gasteiger partial charge in [0.25, 0.3) is 0 Å². The van der Waals surface area contributed by atoms with E-state index in [0.29, 0.717) is 0 Å². The number of methoxy groups -OCH3 is 6. The van der Waals surface area contributed by atoms with Crippen LogP contribution in [0.5, 0.6) is 34.5 Å². The van der Waals surface area contributed by atoms with Crippen LogP contribution in [0, 0.1) is 0 Å². The molecule has 2 amide bonds. The van der Waals surface area contributed by atoms with Crippen molar-refractivity contribution in [2.75, 3.05) is 42.7 Å². The average Bonchev–Trinajstić information content (AvgIpc) is 2.77. The van der Waals surface area contributed by atoms with Gasteiger partial charge in [0.05, 0.1) is 42.7 Å². The molecule has 0 radical (unpaired) electrons. The fraction of sp³-hybridized carbons (Fsp3) is 0.333. The van der Waals surface area contributed by atoms with Crippen LogP contribution in [0.2, 0.25) is 0 Å². The Labute approximate surface area is 179 Å². The lowest BCUT2D eigenvalue weighted by molar-refractivity contribution is -0.132. The molecule has 0 spiro atoms. The summed E-state index contributed by atoms with van der Waals surface area (Å²) in [6.45, 7) is 0. The molecule has 0 atom stereocenters. The van der Waals surface area contributed by atoms with Crippen molar-refractivity contribution in [1.29, 1.82) is 0 Å². The molecule has 0 heterocycles. The Kier molecular flexibility index (Phi) is 7.06. The molecule has 10 nitrogen and oxygen atoms in total. The molecule has 0 saturated heterocycles. The van der Waals surface area contributed by atoms with Gasteiger partial charge >= 0.3 is 0 Å². The lowest BCUT2D eigenvalue weighted by atomic mass is 9.72. The van der Waals surface area contributed by atoms with E-state index >= 15 is 0 Å². The summed E-state index contributed by atoms with van der Waals surface area (Å²) in [4.78, 5) is 25.7. The fourth-order valence-electron chi connectivity index (χ4n) is 3.45. The highest BCUT2D eigenvalue weighted by Crippen LogP contribution is 2.47. The van der Waals surface area contributed by atoms with E-state index in [1.54, 1.807) is 0 Å². The highest BCUT2D eigenvalue weighted by Gasteiger charge is 2.48. The number of rotatable bonds is 10. The van der Waals surface area contributed by atoms with E-state index < -0.39 is 17.2 Å². The van der Waals surface area contributed by atoms with Crippen molar-refractivity contribution in [2.24, 2.45) is 11.5 Å². The van der Waals surface area contributed by atoms with E-state index in [1.165, 1.54) is 66.9 Å². The molecule has 0 aliphatic heterocycles. The second kappa shape index (κ2) is 9.33. The average molecular weight is 434 g/mol. The summed E-state index contributed by atoms with van der Waals surface area (Å²) in [7, 11) is 8.45. The zero-order valence-electron chi connectivity index (χ0n) is 18.2. The van der Waals surface area contributed by atoms with Gasteiger partial charge in [0.2, 0.25) is 23.3 Å². The van der Waals surface area contributed by atoms with Crippen molar-refractivity contribution in [3.63, 3.8) is 0 Å². The van der Waals surface area contributed by atoms with Crippen molar-refractivity contribution in [2.45, 2.75) is 5.41 Å². The molecule has 31 heavy (non-hydrogen) atoms. The quantitative estimate of drug-likeness (QED) is 0.528. The molecule has 0 saturated carbocycles. The second-order valence-corrected chi connectivity index (χ2v) is 6.31. The van der Waals surface area contributed by atoms with Crippen LogP contribution >= 0.6 is 0 Å². The van der Waals surface area contributed by atoms with Crippen LogP contribution in [0.25, 0.3) is 0 Å². The third-order valence-electron chi connectivity index (χ3n) is 4.93. The van der Waals surface area contributed by atoms with Gasteiger partial charge in [-0.3, -0.25) is 9.59 Å². The lowest BCUT2D eigenvalue weighted by Gasteiger charge is -2.30. The first-order valence-electron chi connectivity index (χ1n) is 8.97. The predicted molar refractivity (Wildman–Crippen MR) is 111 cm³/mol. The van der Waals surface area contributed by atoms with E-state index in [1.807, 2.05) is 0 Å². The minimum absolute atomic E-state index is 0.108. The molecule has 2 aromatic carbocycles. The van der Waals surface area contributed by atoms with Crippen LogP contribution in [0.1, 0.15) is 11.1 Å². The zero-order valence-corrected chi connectivity index (χ0v) is 18.2. The Morgan fingerprint density at radius 2 is 0.839 bits per heavy atom. The van der Waals surface area contributed by atoms with Crippen molar-refractivity contribution < 1.29 is 38.0 Å². The first-order chi connectivity index (χ1) is 14.8. The summed E-state index contributed by atoms with van der Waals surface area (Å²) in [5.74, 6) is -0.699. The van der Waals surface area contributed by atoms with Gasteiger partial charge in [0, 0.05) is 0 Å². The molecular formula is C21H26N2O8. The molecule has 0 aliphatic carbocycles. The number of primary amides is 2. The van der Waals surface area contributed by atoms with Gasteiger partial charge in [0.15, 0.2) is 28.4 Å². The van der Waals surface area contributed by atoms with Gasteiger partial charge < -0.3 is 39.9 Å². The Balaban J connectivity index is 3.01. The zero-order chi connectivity index (χ0) is 23.3. The topological polar surface area (TPSA) is 142 Å². The molecular weight excluding hydrogens is 408 g/mol. The van der Waals surface area contributed by atoms with Crippen molar-refractivity contribution >= 4 is 11.8 Å². The monoisotopic (exact) mass is 434 g/mol. The van der Waals surface area contributed by atoms with Crippen LogP contribution < -0.4 is 39.9 Å². The Bertz CT molecular complexity index is 860. The molecule has 0 aromatic heterocycles. The van der Waals surface area contributed by atoms with E-state index in [-0.39, 0.29) is 45.6 Å². The minimum atomic E-state index is -2.13. The summed E-state index contributed by atoms with van der Waals surface area (Å²) in [6.07, 6.45) is 0. The van der Waals surface area contributed by atoms with Gasteiger partial charge in [-0.2, -0.15) is 0 Å².